The standard InChI is InChI=1S/C13H16N2O4/c1-9-6-10(8-11(7-9)15(18)19)14-5-3-4-13(14,2)12(16)17/h6-8H,3-5H2,1-2H3,(H,16,17). The van der Waals surface area contributed by atoms with Crippen LogP contribution in [0.3, 0.4) is 0 Å². The molecule has 0 aromatic heterocycles. The molecule has 1 N–H and O–H groups in total. The third kappa shape index (κ3) is 2.25. The van der Waals surface area contributed by atoms with Gasteiger partial charge in [0.2, 0.25) is 0 Å². The Labute approximate surface area is 110 Å². The Balaban J connectivity index is 2.47. The number of hydrogen-bond acceptors (Lipinski definition) is 4. The van der Waals surface area contributed by atoms with Gasteiger partial charge in [-0.3, -0.25) is 10.1 Å². The van der Waals surface area contributed by atoms with Crippen molar-refractivity contribution in [3.8, 4) is 0 Å². The van der Waals surface area contributed by atoms with Gasteiger partial charge in [-0.1, -0.05) is 0 Å². The fourth-order valence-electron chi connectivity index (χ4n) is 2.60. The number of non-ortho nitro benzene ring substituents is 1. The van der Waals surface area contributed by atoms with Crippen LogP contribution < -0.4 is 4.90 Å². The highest BCUT2D eigenvalue weighted by Crippen LogP contribution is 2.36. The SMILES string of the molecule is Cc1cc(N2CCCC2(C)C(=O)O)cc([N+](=O)[O-])c1. The quantitative estimate of drug-likeness (QED) is 0.669. The molecule has 6 nitrogen and oxygen atoms in total. The Morgan fingerprint density at radius 3 is 2.74 bits per heavy atom. The number of benzene rings is 1. The molecule has 1 fully saturated rings. The van der Waals surface area contributed by atoms with Crippen molar-refractivity contribution in [2.24, 2.45) is 0 Å². The largest absolute Gasteiger partial charge is 0.480 e. The summed E-state index contributed by atoms with van der Waals surface area (Å²) >= 11 is 0. The monoisotopic (exact) mass is 264 g/mol. The Bertz CT molecular complexity index is 543. The molecule has 19 heavy (non-hydrogen) atoms. The lowest BCUT2D eigenvalue weighted by molar-refractivity contribution is -0.384. The van der Waals surface area contributed by atoms with Crippen molar-refractivity contribution in [2.75, 3.05) is 11.4 Å². The van der Waals surface area contributed by atoms with E-state index in [-0.39, 0.29) is 5.69 Å². The number of nitrogens with zero attached hydrogens (tertiary/aromatic N) is 2. The van der Waals surface area contributed by atoms with Crippen LogP contribution in [-0.2, 0) is 4.79 Å². The van der Waals surface area contributed by atoms with Crippen LogP contribution in [0.5, 0.6) is 0 Å². The highest BCUT2D eigenvalue weighted by molar-refractivity contribution is 5.84. The Morgan fingerprint density at radius 1 is 1.47 bits per heavy atom. The summed E-state index contributed by atoms with van der Waals surface area (Å²) in [5.41, 5.74) is 0.370. The van der Waals surface area contributed by atoms with Gasteiger partial charge in [0.1, 0.15) is 5.54 Å². The minimum Gasteiger partial charge on any atom is -0.480 e. The van der Waals surface area contributed by atoms with E-state index in [1.807, 2.05) is 0 Å². The van der Waals surface area contributed by atoms with Crippen LogP contribution in [0.25, 0.3) is 0 Å². The van der Waals surface area contributed by atoms with Crippen LogP contribution in [0.2, 0.25) is 0 Å². The lowest BCUT2D eigenvalue weighted by Crippen LogP contribution is -2.48. The summed E-state index contributed by atoms with van der Waals surface area (Å²) < 4.78 is 0. The number of nitro benzene ring substituents is 1. The van der Waals surface area contributed by atoms with Crippen LogP contribution in [0, 0.1) is 17.0 Å². The number of nitro groups is 1. The summed E-state index contributed by atoms with van der Waals surface area (Å²) in [7, 11) is 0. The number of hydrogen-bond donors (Lipinski definition) is 1. The maximum absolute atomic E-state index is 11.4. The molecule has 1 heterocycles. The summed E-state index contributed by atoms with van der Waals surface area (Å²) in [4.78, 5) is 23.6. The third-order valence-corrected chi connectivity index (χ3v) is 3.67. The van der Waals surface area contributed by atoms with Gasteiger partial charge in [-0.15, -0.1) is 0 Å². The molecule has 0 spiro atoms. The molecule has 0 radical (unpaired) electrons. The average molecular weight is 264 g/mol. The first-order valence-corrected chi connectivity index (χ1v) is 6.12. The fourth-order valence-corrected chi connectivity index (χ4v) is 2.60. The minimum absolute atomic E-state index is 0.00496. The molecule has 1 aliphatic rings. The number of carboxylic acids is 1. The van der Waals surface area contributed by atoms with Crippen molar-refractivity contribution in [3.05, 3.63) is 33.9 Å². The molecule has 6 heteroatoms. The van der Waals surface area contributed by atoms with Crippen molar-refractivity contribution in [2.45, 2.75) is 32.2 Å². The van der Waals surface area contributed by atoms with Crippen LogP contribution in [-0.4, -0.2) is 28.1 Å². The molecule has 1 saturated heterocycles. The van der Waals surface area contributed by atoms with E-state index in [1.54, 1.807) is 24.8 Å². The van der Waals surface area contributed by atoms with E-state index >= 15 is 0 Å². The maximum atomic E-state index is 11.4. The summed E-state index contributed by atoms with van der Waals surface area (Å²) in [6.07, 6.45) is 1.31. The van der Waals surface area contributed by atoms with E-state index in [0.717, 1.165) is 12.0 Å². The number of aryl methyl sites for hydroxylation is 1. The second-order valence-electron chi connectivity index (χ2n) is 5.12. The predicted molar refractivity (Wildman–Crippen MR) is 70.5 cm³/mol. The van der Waals surface area contributed by atoms with Gasteiger partial charge >= 0.3 is 5.97 Å². The van der Waals surface area contributed by atoms with Crippen LogP contribution in [0.4, 0.5) is 11.4 Å². The topological polar surface area (TPSA) is 83.7 Å². The number of carbonyl (C=O) groups is 1. The molecule has 0 bridgehead atoms. The normalized spacial score (nSPS) is 22.5. The zero-order chi connectivity index (χ0) is 14.2. The first kappa shape index (κ1) is 13.3. The number of anilines is 1. The van der Waals surface area contributed by atoms with Crippen LogP contribution >= 0.6 is 0 Å². The Kier molecular flexibility index (Phi) is 3.18. The number of rotatable bonds is 3. The summed E-state index contributed by atoms with van der Waals surface area (Å²) in [6, 6.07) is 4.72. The smallest absolute Gasteiger partial charge is 0.329 e. The maximum Gasteiger partial charge on any atom is 0.329 e. The number of carboxylic acid groups (broad SMARTS) is 1. The van der Waals surface area contributed by atoms with Gasteiger partial charge in [-0.2, -0.15) is 0 Å². The first-order valence-electron chi connectivity index (χ1n) is 6.12. The van der Waals surface area contributed by atoms with Gasteiger partial charge < -0.3 is 10.0 Å². The Hall–Kier alpha value is -2.11. The highest BCUT2D eigenvalue weighted by atomic mass is 16.6. The molecule has 2 rings (SSSR count). The molecular formula is C13H16N2O4. The summed E-state index contributed by atoms with van der Waals surface area (Å²) in [5, 5.41) is 20.3. The van der Waals surface area contributed by atoms with Gasteiger partial charge in [-0.25, -0.2) is 4.79 Å². The lowest BCUT2D eigenvalue weighted by Gasteiger charge is -2.33. The zero-order valence-electron chi connectivity index (χ0n) is 10.9. The van der Waals surface area contributed by atoms with Crippen molar-refractivity contribution < 1.29 is 14.8 Å². The lowest BCUT2D eigenvalue weighted by atomic mass is 9.98. The van der Waals surface area contributed by atoms with Gasteiger partial charge in [0.05, 0.1) is 4.92 Å². The number of aliphatic carboxylic acids is 1. The van der Waals surface area contributed by atoms with Gasteiger partial charge in [0, 0.05) is 24.4 Å². The molecule has 1 aliphatic heterocycles. The minimum atomic E-state index is -0.984. The van der Waals surface area contributed by atoms with Crippen molar-refractivity contribution in [1.82, 2.24) is 0 Å². The van der Waals surface area contributed by atoms with Crippen molar-refractivity contribution in [1.29, 1.82) is 0 Å². The molecule has 102 valence electrons. The molecular weight excluding hydrogens is 248 g/mol. The van der Waals surface area contributed by atoms with Crippen LogP contribution in [0.1, 0.15) is 25.3 Å². The van der Waals surface area contributed by atoms with E-state index < -0.39 is 16.4 Å². The highest BCUT2D eigenvalue weighted by Gasteiger charge is 2.43. The van der Waals surface area contributed by atoms with Crippen molar-refractivity contribution in [3.63, 3.8) is 0 Å². The third-order valence-electron chi connectivity index (χ3n) is 3.67. The molecule has 0 aliphatic carbocycles. The van der Waals surface area contributed by atoms with E-state index in [0.29, 0.717) is 18.7 Å². The van der Waals surface area contributed by atoms with Crippen molar-refractivity contribution >= 4 is 17.3 Å². The second kappa shape index (κ2) is 4.53. The Morgan fingerprint density at radius 2 is 2.16 bits per heavy atom. The van der Waals surface area contributed by atoms with E-state index in [9.17, 15) is 20.0 Å². The molecule has 1 atom stereocenters. The summed E-state index contributed by atoms with van der Waals surface area (Å²) in [5.74, 6) is -0.894. The average Bonchev–Trinajstić information content (AvgIpc) is 2.72. The van der Waals surface area contributed by atoms with Crippen LogP contribution in [0.15, 0.2) is 18.2 Å². The molecule has 1 aromatic rings. The molecule has 0 amide bonds. The van der Waals surface area contributed by atoms with E-state index in [2.05, 4.69) is 0 Å². The van der Waals surface area contributed by atoms with Gasteiger partial charge in [-0.05, 0) is 38.3 Å². The molecule has 1 aromatic carbocycles. The van der Waals surface area contributed by atoms with E-state index in [1.165, 1.54) is 12.1 Å². The zero-order valence-corrected chi connectivity index (χ0v) is 10.9. The molecule has 0 saturated carbocycles. The predicted octanol–water partition coefficient (Wildman–Crippen LogP) is 2.35. The van der Waals surface area contributed by atoms with Gasteiger partial charge in [0.25, 0.3) is 5.69 Å². The molecule has 1 unspecified atom stereocenters. The fraction of sp³-hybridized carbons (Fsp3) is 0.462. The second-order valence-corrected chi connectivity index (χ2v) is 5.12. The van der Waals surface area contributed by atoms with E-state index in [4.69, 9.17) is 0 Å². The first-order chi connectivity index (χ1) is 8.84. The van der Waals surface area contributed by atoms with Gasteiger partial charge in [0.15, 0.2) is 0 Å². The summed E-state index contributed by atoms with van der Waals surface area (Å²) in [6.45, 7) is 4.03.